The smallest absolute Gasteiger partial charge is 0.336 e. The Labute approximate surface area is 124 Å². The molecular formula is C17H23NO3. The zero-order chi connectivity index (χ0) is 15.6. The van der Waals surface area contributed by atoms with Gasteiger partial charge in [0, 0.05) is 29.6 Å². The van der Waals surface area contributed by atoms with Crippen molar-refractivity contribution in [2.75, 3.05) is 0 Å². The first-order valence-electron chi connectivity index (χ1n) is 7.40. The number of aryl methyl sites for hydroxylation is 1. The molecule has 1 aromatic heterocycles. The molecule has 1 heterocycles. The van der Waals surface area contributed by atoms with Gasteiger partial charge in [0.1, 0.15) is 11.3 Å². The second-order valence-corrected chi connectivity index (χ2v) is 6.01. The van der Waals surface area contributed by atoms with Crippen LogP contribution < -0.4 is 10.9 Å². The van der Waals surface area contributed by atoms with E-state index in [1.165, 1.54) is 12.1 Å². The summed E-state index contributed by atoms with van der Waals surface area (Å²) in [5.74, 6) is 0.173. The lowest BCUT2D eigenvalue weighted by atomic mass is 10.0. The van der Waals surface area contributed by atoms with E-state index in [0.717, 1.165) is 29.4 Å². The molecule has 0 aliphatic carbocycles. The second kappa shape index (κ2) is 5.90. The minimum absolute atomic E-state index is 0.00681. The van der Waals surface area contributed by atoms with E-state index in [-0.39, 0.29) is 11.3 Å². The maximum absolute atomic E-state index is 11.7. The Kier molecular flexibility index (Phi) is 4.37. The topological polar surface area (TPSA) is 62.5 Å². The number of benzene rings is 1. The molecule has 0 saturated heterocycles. The predicted molar refractivity (Wildman–Crippen MR) is 84.7 cm³/mol. The highest BCUT2D eigenvalue weighted by Gasteiger charge is 2.16. The van der Waals surface area contributed by atoms with Crippen LogP contribution in [0.5, 0.6) is 5.75 Å². The quantitative estimate of drug-likeness (QED) is 0.829. The number of aromatic hydroxyl groups is 1. The van der Waals surface area contributed by atoms with Gasteiger partial charge in [0.15, 0.2) is 0 Å². The van der Waals surface area contributed by atoms with Crippen LogP contribution in [0.2, 0.25) is 0 Å². The van der Waals surface area contributed by atoms with Gasteiger partial charge in [-0.05, 0) is 43.9 Å². The van der Waals surface area contributed by atoms with Gasteiger partial charge in [-0.2, -0.15) is 0 Å². The number of rotatable bonds is 5. The Balaban J connectivity index is 2.49. The molecule has 0 aliphatic heterocycles. The first-order chi connectivity index (χ1) is 9.86. The van der Waals surface area contributed by atoms with Gasteiger partial charge in [-0.25, -0.2) is 4.79 Å². The van der Waals surface area contributed by atoms with E-state index < -0.39 is 5.63 Å². The predicted octanol–water partition coefficient (Wildman–Crippen LogP) is 3.34. The molecule has 2 N–H and O–H groups in total. The third-order valence-electron chi connectivity index (χ3n) is 4.05. The molecule has 0 atom stereocenters. The summed E-state index contributed by atoms with van der Waals surface area (Å²) in [6.07, 6.45) is 1.72. The number of hydrogen-bond acceptors (Lipinski definition) is 4. The monoisotopic (exact) mass is 289 g/mol. The minimum atomic E-state index is -0.391. The first-order valence-corrected chi connectivity index (χ1v) is 7.40. The zero-order valence-electron chi connectivity index (χ0n) is 13.1. The highest BCUT2D eigenvalue weighted by atomic mass is 16.4. The third-order valence-corrected chi connectivity index (χ3v) is 4.05. The number of nitrogens with one attached hydrogen (secondary N) is 1. The average molecular weight is 289 g/mol. The molecule has 0 unspecified atom stereocenters. The molecule has 2 rings (SSSR count). The maximum atomic E-state index is 11.7. The van der Waals surface area contributed by atoms with E-state index in [0.29, 0.717) is 12.1 Å². The van der Waals surface area contributed by atoms with Crippen molar-refractivity contribution >= 4 is 11.0 Å². The van der Waals surface area contributed by atoms with E-state index in [1.807, 2.05) is 13.0 Å². The molecule has 0 fully saturated rings. The van der Waals surface area contributed by atoms with Gasteiger partial charge in [-0.15, -0.1) is 0 Å². The van der Waals surface area contributed by atoms with Crippen molar-refractivity contribution in [2.45, 2.75) is 52.6 Å². The summed E-state index contributed by atoms with van der Waals surface area (Å²) in [5, 5.41) is 14.2. The number of phenolic OH excluding ortho intramolecular Hbond substituents is 1. The molecule has 0 radical (unpaired) electrons. The van der Waals surface area contributed by atoms with E-state index in [2.05, 4.69) is 26.1 Å². The number of fused-ring (bicyclic) bond motifs is 1. The normalized spacial score (nSPS) is 12.0. The summed E-state index contributed by atoms with van der Waals surface area (Å²) in [6.45, 7) is 8.96. The molecule has 21 heavy (non-hydrogen) atoms. The number of hydrogen-bond donors (Lipinski definition) is 2. The molecule has 0 amide bonds. The van der Waals surface area contributed by atoms with Crippen LogP contribution in [0.1, 0.15) is 45.2 Å². The van der Waals surface area contributed by atoms with Crippen LogP contribution in [-0.4, -0.2) is 10.6 Å². The van der Waals surface area contributed by atoms with Crippen molar-refractivity contribution in [3.05, 3.63) is 39.7 Å². The fourth-order valence-corrected chi connectivity index (χ4v) is 2.20. The lowest BCUT2D eigenvalue weighted by molar-refractivity contribution is 0.374. The Morgan fingerprint density at radius 3 is 2.52 bits per heavy atom. The Morgan fingerprint density at radius 2 is 1.90 bits per heavy atom. The standard InChI is InChI=1S/C17H23NO3/c1-5-11-7-13-12(10-18-17(3,4)6-2)8-16(20)21-15(13)9-14(11)19/h7-9,18-19H,5-6,10H2,1-4H3. The van der Waals surface area contributed by atoms with Gasteiger partial charge in [-0.1, -0.05) is 13.8 Å². The summed E-state index contributed by atoms with van der Waals surface area (Å²) >= 11 is 0. The van der Waals surface area contributed by atoms with Gasteiger partial charge in [0.05, 0.1) is 0 Å². The highest BCUT2D eigenvalue weighted by Crippen LogP contribution is 2.27. The van der Waals surface area contributed by atoms with Gasteiger partial charge < -0.3 is 14.8 Å². The van der Waals surface area contributed by atoms with Crippen LogP contribution in [0.25, 0.3) is 11.0 Å². The third kappa shape index (κ3) is 3.45. The molecule has 0 spiro atoms. The summed E-state index contributed by atoms with van der Waals surface area (Å²) in [6, 6.07) is 4.96. The summed E-state index contributed by atoms with van der Waals surface area (Å²) in [5.41, 5.74) is 1.80. The first kappa shape index (κ1) is 15.6. The SMILES string of the molecule is CCc1cc2c(CNC(C)(C)CC)cc(=O)oc2cc1O. The fourth-order valence-electron chi connectivity index (χ4n) is 2.20. The van der Waals surface area contributed by atoms with Gasteiger partial charge >= 0.3 is 5.63 Å². The second-order valence-electron chi connectivity index (χ2n) is 6.01. The molecule has 0 saturated carbocycles. The van der Waals surface area contributed by atoms with Crippen molar-refractivity contribution in [3.8, 4) is 5.75 Å². The van der Waals surface area contributed by atoms with Gasteiger partial charge in [0.2, 0.25) is 0 Å². The molecule has 114 valence electrons. The molecule has 2 aromatic rings. The Hall–Kier alpha value is -1.81. The summed E-state index contributed by atoms with van der Waals surface area (Å²) in [7, 11) is 0. The summed E-state index contributed by atoms with van der Waals surface area (Å²) in [4.78, 5) is 11.7. The highest BCUT2D eigenvalue weighted by molar-refractivity contribution is 5.82. The molecule has 0 bridgehead atoms. The Morgan fingerprint density at radius 1 is 1.19 bits per heavy atom. The van der Waals surface area contributed by atoms with Crippen LogP contribution in [0.15, 0.2) is 27.4 Å². The van der Waals surface area contributed by atoms with Crippen LogP contribution in [0.4, 0.5) is 0 Å². The molecule has 4 nitrogen and oxygen atoms in total. The molecule has 1 aromatic carbocycles. The van der Waals surface area contributed by atoms with Gasteiger partial charge in [-0.3, -0.25) is 0 Å². The van der Waals surface area contributed by atoms with Crippen molar-refractivity contribution in [1.29, 1.82) is 0 Å². The minimum Gasteiger partial charge on any atom is -0.508 e. The summed E-state index contributed by atoms with van der Waals surface area (Å²) < 4.78 is 5.20. The van der Waals surface area contributed by atoms with Crippen molar-refractivity contribution < 1.29 is 9.52 Å². The zero-order valence-corrected chi connectivity index (χ0v) is 13.1. The van der Waals surface area contributed by atoms with Crippen molar-refractivity contribution in [3.63, 3.8) is 0 Å². The van der Waals surface area contributed by atoms with Crippen molar-refractivity contribution in [2.24, 2.45) is 0 Å². The van der Waals surface area contributed by atoms with Gasteiger partial charge in [0.25, 0.3) is 0 Å². The van der Waals surface area contributed by atoms with E-state index in [4.69, 9.17) is 4.42 Å². The van der Waals surface area contributed by atoms with Crippen LogP contribution in [0, 0.1) is 0 Å². The largest absolute Gasteiger partial charge is 0.508 e. The molecule has 0 aliphatic rings. The van der Waals surface area contributed by atoms with Crippen molar-refractivity contribution in [1.82, 2.24) is 5.32 Å². The fraction of sp³-hybridized carbons (Fsp3) is 0.471. The van der Waals surface area contributed by atoms with Crippen LogP contribution >= 0.6 is 0 Å². The van der Waals surface area contributed by atoms with E-state index in [1.54, 1.807) is 0 Å². The van der Waals surface area contributed by atoms with Crippen LogP contribution in [-0.2, 0) is 13.0 Å². The van der Waals surface area contributed by atoms with E-state index in [9.17, 15) is 9.90 Å². The number of phenols is 1. The van der Waals surface area contributed by atoms with Crippen LogP contribution in [0.3, 0.4) is 0 Å². The lowest BCUT2D eigenvalue weighted by Crippen LogP contribution is -2.38. The van der Waals surface area contributed by atoms with E-state index >= 15 is 0 Å². The molecular weight excluding hydrogens is 266 g/mol. The molecule has 4 heteroatoms. The Bertz CT molecular complexity index is 701. The lowest BCUT2D eigenvalue weighted by Gasteiger charge is -2.24. The average Bonchev–Trinajstić information content (AvgIpc) is 2.44. The maximum Gasteiger partial charge on any atom is 0.336 e.